The molecule has 0 bridgehead atoms. The summed E-state index contributed by atoms with van der Waals surface area (Å²) in [6.45, 7) is 4.33. The van der Waals surface area contributed by atoms with E-state index < -0.39 is 0 Å². The molecule has 5 heteroatoms. The molecular formula is C23H23ClNO3+. The minimum atomic E-state index is -0.172. The van der Waals surface area contributed by atoms with Crippen molar-refractivity contribution in [2.45, 2.75) is 45.7 Å². The van der Waals surface area contributed by atoms with Gasteiger partial charge in [-0.1, -0.05) is 23.7 Å². The quantitative estimate of drug-likeness (QED) is 0.673. The van der Waals surface area contributed by atoms with E-state index >= 15 is 0 Å². The summed E-state index contributed by atoms with van der Waals surface area (Å²) in [7, 11) is 0. The molecule has 4 nitrogen and oxygen atoms in total. The first-order valence-corrected chi connectivity index (χ1v) is 10.3. The van der Waals surface area contributed by atoms with Gasteiger partial charge >= 0.3 is 5.63 Å². The predicted molar refractivity (Wildman–Crippen MR) is 109 cm³/mol. The molecule has 1 atom stereocenters. The lowest BCUT2D eigenvalue weighted by molar-refractivity contribution is -0.945. The Labute approximate surface area is 168 Å². The summed E-state index contributed by atoms with van der Waals surface area (Å²) < 4.78 is 11.9. The minimum absolute atomic E-state index is 0.172. The van der Waals surface area contributed by atoms with Gasteiger partial charge in [0, 0.05) is 32.7 Å². The van der Waals surface area contributed by atoms with Crippen LogP contribution in [-0.4, -0.2) is 6.73 Å². The molecule has 0 fully saturated rings. The molecule has 1 unspecified atom stereocenters. The Morgan fingerprint density at radius 3 is 2.79 bits per heavy atom. The Morgan fingerprint density at radius 1 is 1.14 bits per heavy atom. The lowest BCUT2D eigenvalue weighted by atomic mass is 9.89. The Bertz CT molecular complexity index is 1130. The van der Waals surface area contributed by atoms with Crippen LogP contribution in [0.25, 0.3) is 11.0 Å². The zero-order valence-corrected chi connectivity index (χ0v) is 16.7. The van der Waals surface area contributed by atoms with E-state index in [1.54, 1.807) is 0 Å². The third-order valence-corrected chi connectivity index (χ3v) is 6.21. The van der Waals surface area contributed by atoms with Crippen molar-refractivity contribution < 1.29 is 14.1 Å². The summed E-state index contributed by atoms with van der Waals surface area (Å²) in [4.78, 5) is 13.8. The van der Waals surface area contributed by atoms with Crippen LogP contribution in [0.3, 0.4) is 0 Å². The van der Waals surface area contributed by atoms with Crippen LogP contribution in [0.4, 0.5) is 0 Å². The molecule has 3 aromatic rings. The van der Waals surface area contributed by atoms with E-state index in [1.807, 2.05) is 25.1 Å². The number of hydrogen-bond acceptors (Lipinski definition) is 3. The molecule has 0 radical (unpaired) electrons. The first-order valence-electron chi connectivity index (χ1n) is 9.92. The second kappa shape index (κ2) is 6.94. The molecule has 1 aliphatic heterocycles. The van der Waals surface area contributed by atoms with Crippen molar-refractivity contribution in [1.82, 2.24) is 0 Å². The van der Waals surface area contributed by atoms with Crippen LogP contribution in [0.1, 0.15) is 40.7 Å². The van der Waals surface area contributed by atoms with E-state index in [0.29, 0.717) is 12.3 Å². The first kappa shape index (κ1) is 17.8. The van der Waals surface area contributed by atoms with E-state index in [2.05, 4.69) is 12.1 Å². The van der Waals surface area contributed by atoms with Crippen LogP contribution in [0, 0.1) is 6.92 Å². The Hall–Kier alpha value is -2.30. The summed E-state index contributed by atoms with van der Waals surface area (Å²) >= 11 is 6.13. The maximum absolute atomic E-state index is 12.5. The SMILES string of the molecule is Cc1c2c(cc3c4c(c(=O)oc13)CCCC4)C[NH+](Cc1cccc(Cl)c1)CO2. The van der Waals surface area contributed by atoms with Gasteiger partial charge in [0.05, 0.1) is 0 Å². The third kappa shape index (κ3) is 3.01. The Balaban J connectivity index is 1.55. The Kier molecular flexibility index (Phi) is 4.41. The van der Waals surface area contributed by atoms with Gasteiger partial charge in [-0.25, -0.2) is 4.79 Å². The second-order valence-electron chi connectivity index (χ2n) is 7.94. The predicted octanol–water partition coefficient (Wildman–Crippen LogP) is 3.57. The normalized spacial score (nSPS) is 18.4. The van der Waals surface area contributed by atoms with Gasteiger partial charge in [-0.3, -0.25) is 4.90 Å². The van der Waals surface area contributed by atoms with Gasteiger partial charge in [0.2, 0.25) is 6.73 Å². The number of halogens is 1. The zero-order chi connectivity index (χ0) is 19.3. The molecule has 1 N–H and O–H groups in total. The third-order valence-electron chi connectivity index (χ3n) is 5.97. The largest absolute Gasteiger partial charge is 0.444 e. The van der Waals surface area contributed by atoms with E-state index in [1.165, 1.54) is 21.6 Å². The van der Waals surface area contributed by atoms with Crippen molar-refractivity contribution in [3.05, 3.63) is 73.6 Å². The number of nitrogens with one attached hydrogen (secondary N) is 1. The lowest BCUT2D eigenvalue weighted by Crippen LogP contribution is -3.10. The van der Waals surface area contributed by atoms with Crippen LogP contribution in [0.2, 0.25) is 5.02 Å². The number of ether oxygens (including phenoxy) is 1. The average molecular weight is 397 g/mol. The number of hydrogen-bond donors (Lipinski definition) is 1. The first-order chi connectivity index (χ1) is 13.6. The Morgan fingerprint density at radius 2 is 1.96 bits per heavy atom. The second-order valence-corrected chi connectivity index (χ2v) is 8.38. The topological polar surface area (TPSA) is 43.9 Å². The van der Waals surface area contributed by atoms with Crippen LogP contribution in [0.5, 0.6) is 5.75 Å². The molecule has 2 aliphatic rings. The highest BCUT2D eigenvalue weighted by atomic mass is 35.5. The van der Waals surface area contributed by atoms with Crippen LogP contribution < -0.4 is 15.3 Å². The van der Waals surface area contributed by atoms with Gasteiger partial charge in [0.15, 0.2) is 0 Å². The van der Waals surface area contributed by atoms with Crippen LogP contribution >= 0.6 is 11.6 Å². The lowest BCUT2D eigenvalue weighted by Gasteiger charge is -2.28. The molecule has 28 heavy (non-hydrogen) atoms. The molecule has 2 aromatic carbocycles. The zero-order valence-electron chi connectivity index (χ0n) is 15.9. The minimum Gasteiger partial charge on any atom is -0.444 e. The maximum atomic E-state index is 12.5. The highest BCUT2D eigenvalue weighted by molar-refractivity contribution is 6.30. The number of fused-ring (bicyclic) bond motifs is 4. The summed E-state index contributed by atoms with van der Waals surface area (Å²) in [5.41, 5.74) is 5.92. The van der Waals surface area contributed by atoms with Crippen molar-refractivity contribution in [1.29, 1.82) is 0 Å². The molecule has 1 aromatic heterocycles. The molecule has 0 saturated heterocycles. The van der Waals surface area contributed by atoms with Gasteiger partial charge in [0.25, 0.3) is 0 Å². The summed E-state index contributed by atoms with van der Waals surface area (Å²) in [5, 5.41) is 1.86. The summed E-state index contributed by atoms with van der Waals surface area (Å²) in [5.74, 6) is 0.876. The molecule has 1 aliphatic carbocycles. The number of rotatable bonds is 2. The molecule has 144 valence electrons. The van der Waals surface area contributed by atoms with Crippen molar-refractivity contribution in [3.8, 4) is 5.75 Å². The maximum Gasteiger partial charge on any atom is 0.339 e. The van der Waals surface area contributed by atoms with Gasteiger partial charge in [-0.15, -0.1) is 0 Å². The molecule has 0 amide bonds. The average Bonchev–Trinajstić information content (AvgIpc) is 2.69. The van der Waals surface area contributed by atoms with Crippen LogP contribution in [0.15, 0.2) is 39.5 Å². The summed E-state index contributed by atoms with van der Waals surface area (Å²) in [6, 6.07) is 10.2. The van der Waals surface area contributed by atoms with Crippen molar-refractivity contribution in [2.24, 2.45) is 0 Å². The molecule has 2 heterocycles. The van der Waals surface area contributed by atoms with E-state index in [4.69, 9.17) is 20.8 Å². The fraction of sp³-hybridized carbons (Fsp3) is 0.348. The van der Waals surface area contributed by atoms with Gasteiger partial charge in [0.1, 0.15) is 24.4 Å². The molecule has 0 spiro atoms. The van der Waals surface area contributed by atoms with E-state index in [0.717, 1.165) is 66.1 Å². The van der Waals surface area contributed by atoms with E-state index in [9.17, 15) is 4.79 Å². The highest BCUT2D eigenvalue weighted by Crippen LogP contribution is 2.36. The smallest absolute Gasteiger partial charge is 0.339 e. The molecule has 5 rings (SSSR count). The monoisotopic (exact) mass is 396 g/mol. The number of quaternary nitrogens is 1. The van der Waals surface area contributed by atoms with Crippen molar-refractivity contribution in [2.75, 3.05) is 6.73 Å². The van der Waals surface area contributed by atoms with Gasteiger partial charge in [-0.05, 0) is 56.4 Å². The fourth-order valence-corrected chi connectivity index (χ4v) is 4.88. The van der Waals surface area contributed by atoms with Crippen LogP contribution in [-0.2, 0) is 25.9 Å². The van der Waals surface area contributed by atoms with E-state index in [-0.39, 0.29) is 5.63 Å². The van der Waals surface area contributed by atoms with Gasteiger partial charge < -0.3 is 9.15 Å². The standard InChI is InChI=1S/C23H22ClNO3/c1-14-21-16(12-25(13-27-21)11-15-5-4-6-17(24)9-15)10-20-18-7-2-3-8-19(18)23(26)28-22(14)20/h4-6,9-10H,2-3,7-8,11-13H2,1H3/p+1. The molecular weight excluding hydrogens is 374 g/mol. The number of benzene rings is 2. The van der Waals surface area contributed by atoms with Gasteiger partial charge in [-0.2, -0.15) is 0 Å². The fourth-order valence-electron chi connectivity index (χ4n) is 4.67. The highest BCUT2D eigenvalue weighted by Gasteiger charge is 2.27. The molecule has 0 saturated carbocycles. The number of aryl methyl sites for hydroxylation is 2. The van der Waals surface area contributed by atoms with Crippen molar-refractivity contribution in [3.63, 3.8) is 0 Å². The van der Waals surface area contributed by atoms with Crippen molar-refractivity contribution >= 4 is 22.6 Å². The summed E-state index contributed by atoms with van der Waals surface area (Å²) in [6.07, 6.45) is 3.97.